The van der Waals surface area contributed by atoms with Crippen molar-refractivity contribution in [1.29, 1.82) is 10.5 Å². The average Bonchev–Trinajstić information content (AvgIpc) is 3.00. The van der Waals surface area contributed by atoms with Crippen LogP contribution in [0.5, 0.6) is 0 Å². The Balaban J connectivity index is 1.70. The molecule has 1 aliphatic rings. The van der Waals surface area contributed by atoms with Crippen LogP contribution in [0.3, 0.4) is 0 Å². The fraction of sp³-hybridized carbons (Fsp3) is 0.176. The zero-order valence-electron chi connectivity index (χ0n) is 23.9. The second-order valence-electron chi connectivity index (χ2n) is 9.52. The molecule has 0 saturated carbocycles. The summed E-state index contributed by atoms with van der Waals surface area (Å²) in [5.74, 6) is 0.682. The minimum atomic E-state index is -0.658. The molecule has 8 nitrogen and oxygen atoms in total. The molecule has 0 fully saturated rings. The van der Waals surface area contributed by atoms with Crippen molar-refractivity contribution < 1.29 is 9.15 Å². The monoisotopic (exact) mass is 555 g/mol. The lowest BCUT2D eigenvalue weighted by Gasteiger charge is -2.21. The van der Waals surface area contributed by atoms with E-state index in [2.05, 4.69) is 15.8 Å². The second kappa shape index (κ2) is 13.0. The van der Waals surface area contributed by atoms with Gasteiger partial charge >= 0.3 is 5.63 Å². The van der Waals surface area contributed by atoms with E-state index in [1.54, 1.807) is 30.4 Å². The lowest BCUT2D eigenvalue weighted by molar-refractivity contribution is 0.332. The van der Waals surface area contributed by atoms with Crippen LogP contribution in [0.15, 0.2) is 98.8 Å². The van der Waals surface area contributed by atoms with Crippen molar-refractivity contribution in [3.63, 3.8) is 0 Å². The Morgan fingerprint density at radius 1 is 0.952 bits per heavy atom. The van der Waals surface area contributed by atoms with Gasteiger partial charge in [0.2, 0.25) is 0 Å². The molecule has 0 spiro atoms. The van der Waals surface area contributed by atoms with Crippen LogP contribution in [0, 0.1) is 29.2 Å². The highest BCUT2D eigenvalue weighted by Gasteiger charge is 2.16. The van der Waals surface area contributed by atoms with Crippen molar-refractivity contribution in [2.75, 3.05) is 37.0 Å². The summed E-state index contributed by atoms with van der Waals surface area (Å²) in [4.78, 5) is 20.5. The molecule has 4 rings (SSSR count). The molecule has 0 atom stereocenters. The number of hydrogen-bond donors (Lipinski definition) is 0. The molecule has 1 aromatic heterocycles. The predicted octanol–water partition coefficient (Wildman–Crippen LogP) is 6.80. The molecule has 3 aromatic rings. The molecular formula is C34H29N5O3. The van der Waals surface area contributed by atoms with E-state index < -0.39 is 5.63 Å². The summed E-state index contributed by atoms with van der Waals surface area (Å²) in [5, 5.41) is 20.0. The van der Waals surface area contributed by atoms with Crippen molar-refractivity contribution in [2.24, 2.45) is 0 Å². The lowest BCUT2D eigenvalue weighted by atomic mass is 10.0. The summed E-state index contributed by atoms with van der Waals surface area (Å²) in [6.07, 6.45) is 9.73. The van der Waals surface area contributed by atoms with E-state index in [0.29, 0.717) is 22.3 Å². The van der Waals surface area contributed by atoms with Gasteiger partial charge in [-0.1, -0.05) is 18.2 Å². The molecule has 0 radical (unpaired) electrons. The molecule has 0 unspecified atom stereocenters. The topological polar surface area (TPSA) is 97.9 Å². The van der Waals surface area contributed by atoms with Crippen molar-refractivity contribution in [2.45, 2.75) is 13.8 Å². The predicted molar refractivity (Wildman–Crippen MR) is 166 cm³/mol. The van der Waals surface area contributed by atoms with Crippen LogP contribution in [0.2, 0.25) is 0 Å². The molecule has 2 heterocycles. The van der Waals surface area contributed by atoms with E-state index in [1.807, 2.05) is 75.3 Å². The zero-order valence-corrected chi connectivity index (χ0v) is 23.9. The van der Waals surface area contributed by atoms with Gasteiger partial charge < -0.3 is 19.0 Å². The highest BCUT2D eigenvalue weighted by Crippen LogP contribution is 2.28. The van der Waals surface area contributed by atoms with Crippen molar-refractivity contribution >= 4 is 34.5 Å². The molecule has 2 aromatic carbocycles. The van der Waals surface area contributed by atoms with Gasteiger partial charge in [-0.15, -0.1) is 0 Å². The molecule has 0 bridgehead atoms. The summed E-state index contributed by atoms with van der Waals surface area (Å²) in [6, 6.07) is 17.4. The molecule has 42 heavy (non-hydrogen) atoms. The van der Waals surface area contributed by atoms with Crippen LogP contribution in [0.1, 0.15) is 30.5 Å². The molecule has 0 N–H and O–H groups in total. The molecule has 1 aliphatic heterocycles. The molecule has 208 valence electrons. The smallest absolute Gasteiger partial charge is 0.344 e. The minimum Gasteiger partial charge on any atom is -0.457 e. The first-order chi connectivity index (χ1) is 20.3. The summed E-state index contributed by atoms with van der Waals surface area (Å²) in [7, 11) is 3.94. The van der Waals surface area contributed by atoms with Gasteiger partial charge in [-0.3, -0.25) is 0 Å². The van der Waals surface area contributed by atoms with E-state index in [0.717, 1.165) is 30.0 Å². The molecule has 8 heteroatoms. The van der Waals surface area contributed by atoms with Gasteiger partial charge in [-0.2, -0.15) is 5.26 Å². The van der Waals surface area contributed by atoms with Crippen molar-refractivity contribution in [3.8, 4) is 12.1 Å². The van der Waals surface area contributed by atoms with E-state index >= 15 is 0 Å². The highest BCUT2D eigenvalue weighted by atomic mass is 16.5. The fourth-order valence-electron chi connectivity index (χ4n) is 4.49. The first-order valence-corrected chi connectivity index (χ1v) is 13.3. The third-order valence-electron chi connectivity index (χ3n) is 6.75. The van der Waals surface area contributed by atoms with Gasteiger partial charge in [-0.05, 0) is 79.6 Å². The number of benzene rings is 2. The Bertz CT molecular complexity index is 1830. The Kier molecular flexibility index (Phi) is 9.07. The first-order valence-electron chi connectivity index (χ1n) is 13.3. The van der Waals surface area contributed by atoms with Crippen LogP contribution in [0.25, 0.3) is 28.0 Å². The zero-order chi connectivity index (χ0) is 30.2. The normalized spacial score (nSPS) is 14.0. The van der Waals surface area contributed by atoms with Gasteiger partial charge in [-0.25, -0.2) is 14.9 Å². The third kappa shape index (κ3) is 6.33. The van der Waals surface area contributed by atoms with Crippen LogP contribution in [0.4, 0.5) is 11.4 Å². The number of hydrogen-bond acceptors (Lipinski definition) is 7. The van der Waals surface area contributed by atoms with Gasteiger partial charge in [0, 0.05) is 50.0 Å². The summed E-state index contributed by atoms with van der Waals surface area (Å²) in [5.41, 5.74) is 3.11. The van der Waals surface area contributed by atoms with Crippen LogP contribution in [-0.2, 0) is 4.74 Å². The maximum atomic E-state index is 13.0. The highest BCUT2D eigenvalue weighted by molar-refractivity contribution is 5.88. The number of fused-ring (bicyclic) bond motifs is 1. The molecule has 0 aliphatic carbocycles. The summed E-state index contributed by atoms with van der Waals surface area (Å²) in [6.45, 7) is 13.1. The number of ether oxygens (including phenoxy) is 1. The van der Waals surface area contributed by atoms with E-state index in [9.17, 15) is 15.3 Å². The number of anilines is 2. The Morgan fingerprint density at radius 3 is 2.17 bits per heavy atom. The molecular weight excluding hydrogens is 526 g/mol. The maximum Gasteiger partial charge on any atom is 0.344 e. The van der Waals surface area contributed by atoms with Gasteiger partial charge in [0.25, 0.3) is 5.70 Å². The van der Waals surface area contributed by atoms with E-state index in [1.165, 1.54) is 12.2 Å². The maximum absolute atomic E-state index is 13.0. The quantitative estimate of drug-likeness (QED) is 0.171. The second-order valence-corrected chi connectivity index (χ2v) is 9.52. The van der Waals surface area contributed by atoms with Crippen LogP contribution < -0.4 is 15.4 Å². The largest absolute Gasteiger partial charge is 0.457 e. The number of nitrogens with zero attached hydrogens (tertiary/aromatic N) is 5. The lowest BCUT2D eigenvalue weighted by Crippen LogP contribution is -2.21. The first kappa shape index (κ1) is 29.2. The van der Waals surface area contributed by atoms with Gasteiger partial charge in [0.1, 0.15) is 23.2 Å². The summed E-state index contributed by atoms with van der Waals surface area (Å²) < 4.78 is 11.6. The van der Waals surface area contributed by atoms with Gasteiger partial charge in [0.15, 0.2) is 0 Å². The fourth-order valence-corrected chi connectivity index (χ4v) is 4.49. The van der Waals surface area contributed by atoms with E-state index in [4.69, 9.17) is 15.7 Å². The molecule has 0 amide bonds. The Morgan fingerprint density at radius 2 is 1.60 bits per heavy atom. The van der Waals surface area contributed by atoms with E-state index in [-0.39, 0.29) is 22.6 Å². The average molecular weight is 556 g/mol. The Hall–Kier alpha value is -5.78. The third-order valence-corrected chi connectivity index (χ3v) is 6.75. The minimum absolute atomic E-state index is 0.0777. The van der Waals surface area contributed by atoms with Crippen LogP contribution >= 0.6 is 0 Å². The van der Waals surface area contributed by atoms with Crippen LogP contribution in [-0.4, -0.2) is 27.2 Å². The number of rotatable bonds is 8. The van der Waals surface area contributed by atoms with Crippen molar-refractivity contribution in [3.05, 3.63) is 128 Å². The molecule has 0 saturated heterocycles. The summed E-state index contributed by atoms with van der Waals surface area (Å²) >= 11 is 0. The van der Waals surface area contributed by atoms with Crippen molar-refractivity contribution in [1.82, 2.24) is 0 Å². The number of allylic oxidation sites excluding steroid dienone is 6. The SMILES string of the molecule is [C-]#[N+]C(C#N)=C1C=C(C=Cc2ccc(N(C)C)cc2)OC(C=Cc2c(C#N)c3ccc(N(CC)CC)cc3oc2=O)=C1. The number of nitriles is 2. The standard InChI is InChI=1S/C34H29N5O3/c1-6-39(7-2)26-13-16-29-31(21-35)30(34(40)42-33(29)20-26)17-15-28-19-24(32(22-36)37-3)18-27(41-28)14-10-23-8-11-25(12-9-23)38(4)5/h8-20H,6-7H2,1-2,4-5H3. The van der Waals surface area contributed by atoms with Gasteiger partial charge in [0.05, 0.1) is 23.8 Å². The Labute approximate surface area is 245 Å².